The summed E-state index contributed by atoms with van der Waals surface area (Å²) in [6.07, 6.45) is 0. The third-order valence-corrected chi connectivity index (χ3v) is 0. The molecule has 0 aliphatic heterocycles. The van der Waals surface area contributed by atoms with Gasteiger partial charge in [-0.05, 0) is 20.6 Å². The van der Waals surface area contributed by atoms with Crippen LogP contribution in [0.15, 0.2) is 0 Å². The molecule has 0 aromatic rings. The van der Waals surface area contributed by atoms with Crippen molar-refractivity contribution >= 4 is 0 Å². The van der Waals surface area contributed by atoms with Gasteiger partial charge in [0.2, 0.25) is 0 Å². The first-order chi connectivity index (χ1) is 4.50. The summed E-state index contributed by atoms with van der Waals surface area (Å²) >= 11 is 0. The molecule has 0 radical (unpaired) electrons. The maximum Gasteiger partial charge on any atom is 0.102 e. The first kappa shape index (κ1) is 0.772. The van der Waals surface area contributed by atoms with Gasteiger partial charge in [0.25, 0.3) is 0 Å². The van der Waals surface area contributed by atoms with E-state index in [1.54, 1.807) is 0 Å². The molecular weight excluding hydrogens is 67.0 g/mol. The fraction of sp³-hybridized carbons (Fsp3) is 1.00. The predicted octanol–water partition coefficient (Wildman–Crippen LogP) is 1.75. The van der Waals surface area contributed by atoms with Crippen LogP contribution in [0.5, 0.6) is 0 Å². The average Bonchev–Trinajstić information content (AvgIpc) is 1.58. The molecule has 32 valence electrons. The number of alkyl halides is 1. The van der Waals surface area contributed by atoms with Crippen LogP contribution in [-0.4, -0.2) is 5.67 Å². The van der Waals surface area contributed by atoms with Gasteiger partial charge in [-0.25, -0.2) is 4.39 Å². The highest BCUT2D eigenvalue weighted by Gasteiger charge is 2.01. The molecule has 5 heavy (non-hydrogen) atoms. The zero-order chi connectivity index (χ0) is 9.50. The van der Waals surface area contributed by atoms with Gasteiger partial charge in [0.15, 0.2) is 0 Å². The Labute approximate surface area is 40.4 Å². The molecule has 0 heterocycles. The van der Waals surface area contributed by atoms with Gasteiger partial charge in [0.05, 0.1) is 0 Å². The SMILES string of the molecule is [2H]C([2H])([2H])C(C)(F)C([2H])([2H])[2H]. The number of hydrogen-bond donors (Lipinski definition) is 0. The lowest BCUT2D eigenvalue weighted by atomic mass is 10.2. The van der Waals surface area contributed by atoms with Crippen molar-refractivity contribution in [2.24, 2.45) is 0 Å². The molecule has 0 amide bonds. The maximum absolute atomic E-state index is 13.0. The van der Waals surface area contributed by atoms with Crippen LogP contribution in [0.2, 0.25) is 0 Å². The Bertz CT molecular complexity index is 126. The second-order valence-electron chi connectivity index (χ2n) is 1.00. The van der Waals surface area contributed by atoms with Crippen LogP contribution in [0.1, 0.15) is 28.9 Å². The van der Waals surface area contributed by atoms with Crippen LogP contribution in [0.25, 0.3) is 0 Å². The summed E-state index contributed by atoms with van der Waals surface area (Å²) in [5, 5.41) is 0. The van der Waals surface area contributed by atoms with E-state index in [1.807, 2.05) is 0 Å². The molecule has 0 saturated heterocycles. The van der Waals surface area contributed by atoms with E-state index < -0.39 is 19.4 Å². The van der Waals surface area contributed by atoms with Gasteiger partial charge >= 0.3 is 0 Å². The Morgan fingerprint density at radius 1 is 1.80 bits per heavy atom. The van der Waals surface area contributed by atoms with Crippen LogP contribution >= 0.6 is 0 Å². The van der Waals surface area contributed by atoms with Gasteiger partial charge in [-0.15, -0.1) is 0 Å². The van der Waals surface area contributed by atoms with Crippen LogP contribution < -0.4 is 0 Å². The van der Waals surface area contributed by atoms with E-state index in [-0.39, 0.29) is 0 Å². The fourth-order valence-corrected chi connectivity index (χ4v) is 0. The van der Waals surface area contributed by atoms with Crippen molar-refractivity contribution in [2.75, 3.05) is 0 Å². The lowest BCUT2D eigenvalue weighted by molar-refractivity contribution is 0.246. The van der Waals surface area contributed by atoms with Crippen LogP contribution in [0.4, 0.5) is 4.39 Å². The maximum atomic E-state index is 13.0. The summed E-state index contributed by atoms with van der Waals surface area (Å²) in [6.45, 7) is -5.64. The second kappa shape index (κ2) is 0.959. The van der Waals surface area contributed by atoms with Crippen molar-refractivity contribution in [3.63, 3.8) is 0 Å². The summed E-state index contributed by atoms with van der Waals surface area (Å²) in [4.78, 5) is 0. The molecule has 1 heteroatoms. The van der Waals surface area contributed by atoms with Crippen LogP contribution in [-0.2, 0) is 0 Å². The van der Waals surface area contributed by atoms with Crippen molar-refractivity contribution < 1.29 is 12.6 Å². The van der Waals surface area contributed by atoms with E-state index in [0.29, 0.717) is 6.92 Å². The van der Waals surface area contributed by atoms with E-state index in [9.17, 15) is 4.39 Å². The third-order valence-electron chi connectivity index (χ3n) is 0. The Hall–Kier alpha value is -0.0700. The molecule has 0 atom stereocenters. The second-order valence-corrected chi connectivity index (χ2v) is 1.00. The molecule has 0 fully saturated rings. The zero-order valence-electron chi connectivity index (χ0n) is 8.88. The number of rotatable bonds is 0. The number of hydrogen-bond acceptors (Lipinski definition) is 0. The van der Waals surface area contributed by atoms with Crippen molar-refractivity contribution in [1.82, 2.24) is 0 Å². The molecule has 0 unspecified atom stereocenters. The van der Waals surface area contributed by atoms with Gasteiger partial charge in [-0.1, -0.05) is 0 Å². The third kappa shape index (κ3) is 2990. The molecule has 0 N–H and O–H groups in total. The van der Waals surface area contributed by atoms with E-state index in [0.717, 1.165) is 0 Å². The summed E-state index contributed by atoms with van der Waals surface area (Å²) < 4.78 is 52.5. The van der Waals surface area contributed by atoms with Gasteiger partial charge < -0.3 is 0 Å². The average molecular weight is 82.2 g/mol. The Kier molecular flexibility index (Phi) is 0.148. The molecule has 0 nitrogen and oxygen atoms in total. The first-order valence-electron chi connectivity index (χ1n) is 4.19. The quantitative estimate of drug-likeness (QED) is 0.417. The van der Waals surface area contributed by atoms with Gasteiger partial charge in [-0.2, -0.15) is 0 Å². The molecule has 0 bridgehead atoms. The van der Waals surface area contributed by atoms with Gasteiger partial charge in [-0.3, -0.25) is 0 Å². The van der Waals surface area contributed by atoms with Crippen LogP contribution in [0.3, 0.4) is 0 Å². The smallest absolute Gasteiger partial charge is 0.102 e. The monoisotopic (exact) mass is 82.1 g/mol. The molecule has 0 rings (SSSR count). The highest BCUT2D eigenvalue weighted by molar-refractivity contribution is 4.52. The number of halogens is 1. The molecule has 0 aromatic carbocycles. The molecule has 0 aromatic heterocycles. The molecule has 0 saturated carbocycles. The minimum atomic E-state index is -3.12. The van der Waals surface area contributed by atoms with Crippen molar-refractivity contribution in [2.45, 2.75) is 26.3 Å². The first-order valence-corrected chi connectivity index (χ1v) is 1.19. The molecular formula is C4H9F. The Morgan fingerprint density at radius 3 is 2.20 bits per heavy atom. The van der Waals surface area contributed by atoms with Crippen molar-refractivity contribution in [3.05, 3.63) is 0 Å². The lowest BCUT2D eigenvalue weighted by Crippen LogP contribution is -2.01. The predicted molar refractivity (Wildman–Crippen MR) is 20.9 cm³/mol. The van der Waals surface area contributed by atoms with Crippen LogP contribution in [0, 0.1) is 0 Å². The molecule has 0 spiro atoms. The van der Waals surface area contributed by atoms with Crippen molar-refractivity contribution in [1.29, 1.82) is 0 Å². The lowest BCUT2D eigenvalue weighted by Gasteiger charge is -1.99. The highest BCUT2D eigenvalue weighted by Crippen LogP contribution is 2.02. The van der Waals surface area contributed by atoms with E-state index in [4.69, 9.17) is 8.22 Å². The summed E-state index contributed by atoms with van der Waals surface area (Å²) in [5.74, 6) is 0. The molecule has 0 aliphatic carbocycles. The highest BCUT2D eigenvalue weighted by atomic mass is 19.1. The van der Waals surface area contributed by atoms with E-state index in [1.165, 1.54) is 0 Å². The summed E-state index contributed by atoms with van der Waals surface area (Å²) in [5.41, 5.74) is -3.12. The minimum absolute atomic E-state index is 0.562. The largest absolute Gasteiger partial charge is 0.245 e. The zero-order valence-corrected chi connectivity index (χ0v) is 2.88. The van der Waals surface area contributed by atoms with Gasteiger partial charge in [0, 0.05) is 8.22 Å². The fourth-order valence-electron chi connectivity index (χ4n) is 0. The Morgan fingerprint density at radius 2 is 2.20 bits per heavy atom. The van der Waals surface area contributed by atoms with Crippen molar-refractivity contribution in [3.8, 4) is 0 Å². The topological polar surface area (TPSA) is 0 Å². The normalized spacial score (nSPS) is 34.8. The summed E-state index contributed by atoms with van der Waals surface area (Å²) in [7, 11) is 0. The Balaban J connectivity index is 4.75. The van der Waals surface area contributed by atoms with E-state index >= 15 is 0 Å². The standard InChI is InChI=1S/C4H9F/c1-4(2,3)5/h1-3H3/i1D3,2D3. The van der Waals surface area contributed by atoms with E-state index in [2.05, 4.69) is 0 Å². The summed E-state index contributed by atoms with van der Waals surface area (Å²) in [6, 6.07) is 0. The molecule has 0 aliphatic rings. The van der Waals surface area contributed by atoms with Gasteiger partial charge in [0.1, 0.15) is 5.67 Å². The minimum Gasteiger partial charge on any atom is -0.245 e.